The standard InChI is InChI=1S/C34H21NS/c1-2-10-22-21(9-1)25-13-7-16-29-31(20-19-26(22)33(25)29)35-30-17-5-3-11-23(30)27-14-8-15-28-24-12-4-6-18-32(24)36-34(27)28/h1-20,35H. The van der Waals surface area contributed by atoms with E-state index in [1.54, 1.807) is 0 Å². The molecule has 0 unspecified atom stereocenters. The molecular formula is C34H21NS. The highest BCUT2D eigenvalue weighted by Gasteiger charge is 2.22. The van der Waals surface area contributed by atoms with Crippen molar-refractivity contribution in [2.75, 3.05) is 5.32 Å². The van der Waals surface area contributed by atoms with E-state index in [0.717, 1.165) is 11.4 Å². The van der Waals surface area contributed by atoms with Crippen LogP contribution in [0, 0.1) is 0 Å². The van der Waals surface area contributed by atoms with Gasteiger partial charge in [0.1, 0.15) is 0 Å². The summed E-state index contributed by atoms with van der Waals surface area (Å²) in [5, 5.41) is 9.08. The van der Waals surface area contributed by atoms with Crippen molar-refractivity contribution in [3.05, 3.63) is 121 Å². The summed E-state index contributed by atoms with van der Waals surface area (Å²) in [6.07, 6.45) is 0. The zero-order valence-corrected chi connectivity index (χ0v) is 20.3. The normalized spacial score (nSPS) is 11.9. The molecule has 6 aromatic carbocycles. The highest BCUT2D eigenvalue weighted by molar-refractivity contribution is 7.26. The van der Waals surface area contributed by atoms with Gasteiger partial charge in [-0.1, -0.05) is 103 Å². The van der Waals surface area contributed by atoms with Crippen molar-refractivity contribution in [3.63, 3.8) is 0 Å². The first kappa shape index (κ1) is 19.9. The van der Waals surface area contributed by atoms with Crippen LogP contribution in [0.25, 0.3) is 64.3 Å². The predicted octanol–water partition coefficient (Wildman–Crippen LogP) is 10.3. The lowest BCUT2D eigenvalue weighted by Crippen LogP contribution is -1.95. The van der Waals surface area contributed by atoms with Crippen molar-refractivity contribution in [2.24, 2.45) is 0 Å². The second-order valence-corrected chi connectivity index (χ2v) is 10.4. The van der Waals surface area contributed by atoms with Crippen LogP contribution in [0.15, 0.2) is 121 Å². The number of fused-ring (bicyclic) bond motifs is 6. The molecule has 7 aromatic rings. The van der Waals surface area contributed by atoms with Gasteiger partial charge in [0, 0.05) is 48.1 Å². The Morgan fingerprint density at radius 1 is 0.389 bits per heavy atom. The lowest BCUT2D eigenvalue weighted by molar-refractivity contribution is 1.57. The molecule has 0 atom stereocenters. The third-order valence-electron chi connectivity index (χ3n) is 7.44. The van der Waals surface area contributed by atoms with Gasteiger partial charge >= 0.3 is 0 Å². The fourth-order valence-corrected chi connectivity index (χ4v) is 7.08. The van der Waals surface area contributed by atoms with Crippen molar-refractivity contribution < 1.29 is 0 Å². The smallest absolute Gasteiger partial charge is 0.0464 e. The van der Waals surface area contributed by atoms with Crippen molar-refractivity contribution in [1.29, 1.82) is 0 Å². The van der Waals surface area contributed by atoms with Gasteiger partial charge in [-0.15, -0.1) is 11.3 Å². The van der Waals surface area contributed by atoms with Gasteiger partial charge in [-0.2, -0.15) is 0 Å². The number of anilines is 2. The monoisotopic (exact) mass is 475 g/mol. The van der Waals surface area contributed by atoms with Gasteiger partial charge in [-0.3, -0.25) is 0 Å². The highest BCUT2D eigenvalue weighted by Crippen LogP contribution is 2.49. The molecule has 8 rings (SSSR count). The van der Waals surface area contributed by atoms with Gasteiger partial charge in [0.2, 0.25) is 0 Å². The van der Waals surface area contributed by atoms with Crippen molar-refractivity contribution in [3.8, 4) is 33.4 Å². The third-order valence-corrected chi connectivity index (χ3v) is 8.66. The first-order chi connectivity index (χ1) is 17.9. The van der Waals surface area contributed by atoms with E-state index in [-0.39, 0.29) is 0 Å². The first-order valence-electron chi connectivity index (χ1n) is 12.3. The van der Waals surface area contributed by atoms with E-state index >= 15 is 0 Å². The maximum atomic E-state index is 3.83. The molecule has 1 aromatic heterocycles. The maximum Gasteiger partial charge on any atom is 0.0464 e. The van der Waals surface area contributed by atoms with E-state index < -0.39 is 0 Å². The molecule has 1 heterocycles. The minimum absolute atomic E-state index is 1.12. The van der Waals surface area contributed by atoms with Gasteiger partial charge in [-0.05, 0) is 45.8 Å². The molecule has 1 N–H and O–H groups in total. The Bertz CT molecular complexity index is 1950. The molecule has 1 nitrogen and oxygen atoms in total. The van der Waals surface area contributed by atoms with Gasteiger partial charge < -0.3 is 5.32 Å². The van der Waals surface area contributed by atoms with Crippen LogP contribution in [0.5, 0.6) is 0 Å². The number of nitrogens with one attached hydrogen (secondary N) is 1. The molecule has 0 bridgehead atoms. The summed E-state index contributed by atoms with van der Waals surface area (Å²) in [5.41, 5.74) is 10.1. The van der Waals surface area contributed by atoms with E-state index in [4.69, 9.17) is 0 Å². The van der Waals surface area contributed by atoms with Crippen LogP contribution in [0.2, 0.25) is 0 Å². The second-order valence-electron chi connectivity index (χ2n) is 9.39. The number of rotatable bonds is 3. The fourth-order valence-electron chi connectivity index (χ4n) is 5.85. The topological polar surface area (TPSA) is 12.0 Å². The zero-order valence-electron chi connectivity index (χ0n) is 19.5. The molecule has 0 amide bonds. The zero-order chi connectivity index (χ0) is 23.6. The Morgan fingerprint density at radius 3 is 1.86 bits per heavy atom. The maximum absolute atomic E-state index is 3.83. The molecule has 0 fully saturated rings. The molecule has 1 aliphatic carbocycles. The molecule has 2 heteroatoms. The van der Waals surface area contributed by atoms with Crippen LogP contribution in [0.3, 0.4) is 0 Å². The van der Waals surface area contributed by atoms with Gasteiger partial charge in [0.05, 0.1) is 0 Å². The van der Waals surface area contributed by atoms with Crippen LogP contribution >= 0.6 is 11.3 Å². The van der Waals surface area contributed by atoms with Crippen LogP contribution in [-0.2, 0) is 0 Å². The number of hydrogen-bond donors (Lipinski definition) is 1. The third kappa shape index (κ3) is 2.76. The molecule has 0 aliphatic heterocycles. The summed E-state index contributed by atoms with van der Waals surface area (Å²) in [5.74, 6) is 0. The van der Waals surface area contributed by atoms with E-state index in [1.807, 2.05) is 11.3 Å². The summed E-state index contributed by atoms with van der Waals surface area (Å²) >= 11 is 1.88. The van der Waals surface area contributed by atoms with E-state index in [1.165, 1.54) is 64.3 Å². The van der Waals surface area contributed by atoms with Crippen LogP contribution < -0.4 is 5.32 Å². The van der Waals surface area contributed by atoms with Gasteiger partial charge in [0.25, 0.3) is 0 Å². The Kier molecular flexibility index (Phi) is 4.16. The Morgan fingerprint density at radius 2 is 1.00 bits per heavy atom. The summed E-state index contributed by atoms with van der Waals surface area (Å²) in [6.45, 7) is 0. The Balaban J connectivity index is 1.31. The van der Waals surface area contributed by atoms with Crippen LogP contribution in [-0.4, -0.2) is 0 Å². The van der Waals surface area contributed by atoms with Crippen LogP contribution in [0.4, 0.5) is 11.4 Å². The quantitative estimate of drug-likeness (QED) is 0.268. The minimum Gasteiger partial charge on any atom is -0.355 e. The molecule has 168 valence electrons. The molecular weight excluding hydrogens is 454 g/mol. The lowest BCUT2D eigenvalue weighted by atomic mass is 9.99. The Labute approximate surface area is 213 Å². The van der Waals surface area contributed by atoms with E-state index in [9.17, 15) is 0 Å². The lowest BCUT2D eigenvalue weighted by Gasteiger charge is -2.16. The average molecular weight is 476 g/mol. The van der Waals surface area contributed by atoms with Gasteiger partial charge in [0.15, 0.2) is 0 Å². The average Bonchev–Trinajstić information content (AvgIpc) is 3.48. The SMILES string of the molecule is c1ccc(-c2cccc3c2sc2ccccc23)c(Nc2ccc3c4c(cccc24)-c2ccccc2-3)c1. The van der Waals surface area contributed by atoms with Crippen molar-refractivity contribution >= 4 is 53.7 Å². The molecule has 0 spiro atoms. The summed E-state index contributed by atoms with van der Waals surface area (Å²) in [7, 11) is 0. The van der Waals surface area contributed by atoms with E-state index in [2.05, 4.69) is 127 Å². The fraction of sp³-hybridized carbons (Fsp3) is 0. The number of benzene rings is 6. The number of hydrogen-bond acceptors (Lipinski definition) is 2. The molecule has 36 heavy (non-hydrogen) atoms. The molecule has 1 aliphatic rings. The summed E-state index contributed by atoms with van der Waals surface area (Å²) in [6, 6.07) is 44.0. The first-order valence-corrected chi connectivity index (χ1v) is 13.1. The van der Waals surface area contributed by atoms with Crippen LogP contribution in [0.1, 0.15) is 0 Å². The van der Waals surface area contributed by atoms with Crippen molar-refractivity contribution in [1.82, 2.24) is 0 Å². The molecule has 0 saturated heterocycles. The predicted molar refractivity (Wildman–Crippen MR) is 156 cm³/mol. The Hall–Kier alpha value is -4.40. The largest absolute Gasteiger partial charge is 0.355 e. The second kappa shape index (κ2) is 7.55. The number of para-hydroxylation sites is 1. The summed E-state index contributed by atoms with van der Waals surface area (Å²) in [4.78, 5) is 0. The van der Waals surface area contributed by atoms with E-state index in [0.29, 0.717) is 0 Å². The number of thiophene rings is 1. The molecule has 0 radical (unpaired) electrons. The van der Waals surface area contributed by atoms with Gasteiger partial charge in [-0.25, -0.2) is 0 Å². The summed E-state index contributed by atoms with van der Waals surface area (Å²) < 4.78 is 2.67. The molecule has 0 saturated carbocycles. The van der Waals surface area contributed by atoms with Crippen molar-refractivity contribution in [2.45, 2.75) is 0 Å². The minimum atomic E-state index is 1.12. The highest BCUT2D eigenvalue weighted by atomic mass is 32.1.